The highest BCUT2D eigenvalue weighted by atomic mass is 32.2. The van der Waals surface area contributed by atoms with Crippen molar-refractivity contribution < 1.29 is 22.6 Å². The van der Waals surface area contributed by atoms with E-state index < -0.39 is 43.8 Å². The maximum Gasteiger partial charge on any atom is 0.419 e. The number of nitrogens with zero attached hydrogens (tertiary/aromatic N) is 1. The molecule has 1 heterocycles. The molecule has 2 N–H and O–H groups in total. The summed E-state index contributed by atoms with van der Waals surface area (Å²) in [6.45, 7) is 1.65. The van der Waals surface area contributed by atoms with Crippen molar-refractivity contribution in [1.82, 2.24) is 0 Å². The van der Waals surface area contributed by atoms with E-state index in [2.05, 4.69) is 0 Å². The van der Waals surface area contributed by atoms with E-state index in [-0.39, 0.29) is 19.8 Å². The van der Waals surface area contributed by atoms with Gasteiger partial charge in [0.25, 0.3) is 5.69 Å². The van der Waals surface area contributed by atoms with Crippen LogP contribution in [0.5, 0.6) is 0 Å². The minimum atomic E-state index is -4.88. The van der Waals surface area contributed by atoms with Crippen molar-refractivity contribution in [3.63, 3.8) is 0 Å². The number of rotatable bonds is 3. The summed E-state index contributed by atoms with van der Waals surface area (Å²) in [4.78, 5) is 10.2. The van der Waals surface area contributed by atoms with Gasteiger partial charge in [0.15, 0.2) is 4.70 Å². The van der Waals surface area contributed by atoms with E-state index in [1.807, 2.05) is 0 Å². The Balaban J connectivity index is 3.07. The van der Waals surface area contributed by atoms with Crippen LogP contribution in [0.1, 0.15) is 30.5 Å². The molecule has 0 saturated carbocycles. The van der Waals surface area contributed by atoms with Gasteiger partial charge >= 0.3 is 9.31 Å². The summed E-state index contributed by atoms with van der Waals surface area (Å²) in [5.41, 5.74) is 3.74. The molecule has 1 aromatic heterocycles. The minimum absolute atomic E-state index is 0.0475. The molecule has 0 saturated heterocycles. The van der Waals surface area contributed by atoms with E-state index in [0.29, 0.717) is 17.4 Å². The fourth-order valence-electron chi connectivity index (χ4n) is 2.05. The number of hydrogen-bond donors (Lipinski definition) is 1. The lowest BCUT2D eigenvalue weighted by molar-refractivity contribution is -0.385. The van der Waals surface area contributed by atoms with Crippen molar-refractivity contribution >= 4 is 49.4 Å². The Hall–Kier alpha value is -1.14. The van der Waals surface area contributed by atoms with Crippen molar-refractivity contribution in [3.8, 4) is 0 Å². The van der Waals surface area contributed by atoms with Gasteiger partial charge in [0.2, 0.25) is 0 Å². The lowest BCUT2D eigenvalue weighted by Gasteiger charge is -2.13. The van der Waals surface area contributed by atoms with Gasteiger partial charge in [0, 0.05) is 12.1 Å². The maximum absolute atomic E-state index is 13.2. The number of halogens is 3. The van der Waals surface area contributed by atoms with Crippen LogP contribution in [0.15, 0.2) is 6.07 Å². The monoisotopic (exact) mass is 370 g/mol. The predicted octanol–water partition coefficient (Wildman–Crippen LogP) is 4.70. The van der Waals surface area contributed by atoms with Gasteiger partial charge in [0.1, 0.15) is 21.6 Å². The van der Waals surface area contributed by atoms with Crippen LogP contribution in [0.4, 0.5) is 18.9 Å². The van der Waals surface area contributed by atoms with E-state index in [1.54, 1.807) is 6.92 Å². The van der Waals surface area contributed by atoms with Gasteiger partial charge in [-0.15, -0.1) is 10.8 Å². The number of alkyl halides is 3. The average molecular weight is 370 g/mol. The third-order valence-corrected chi connectivity index (χ3v) is 6.52. The van der Waals surface area contributed by atoms with Crippen LogP contribution in [0, 0.1) is 13.3 Å². The number of benzene rings is 1. The van der Waals surface area contributed by atoms with E-state index >= 15 is 0 Å². The number of nitro groups is 1. The molecule has 0 aliphatic heterocycles. The Labute approximate surface area is 134 Å². The highest BCUT2D eigenvalue weighted by Crippen LogP contribution is 2.49. The summed E-state index contributed by atoms with van der Waals surface area (Å²) in [5.74, 6) is 0. The van der Waals surface area contributed by atoms with Crippen LogP contribution in [-0.2, 0) is 6.18 Å². The highest BCUT2D eigenvalue weighted by molar-refractivity contribution is 7.78. The molecule has 0 fully saturated rings. The largest absolute Gasteiger partial charge is 0.687 e. The van der Waals surface area contributed by atoms with E-state index in [9.17, 15) is 27.8 Å². The summed E-state index contributed by atoms with van der Waals surface area (Å²) < 4.78 is 50.7. The fourth-order valence-corrected chi connectivity index (χ4v) is 5.26. The van der Waals surface area contributed by atoms with Gasteiger partial charge in [-0.05, 0) is 18.6 Å². The smallest absolute Gasteiger partial charge is 0.419 e. The summed E-state index contributed by atoms with van der Waals surface area (Å²) >= 11 is 5.48. The third kappa shape index (κ3) is 2.74. The lowest BCUT2D eigenvalue weighted by atomic mass is 10.0. The topological polar surface area (TPSA) is 92.2 Å². The summed E-state index contributed by atoms with van der Waals surface area (Å²) in [6, 6.07) is -0.447. The van der Waals surface area contributed by atoms with Crippen LogP contribution in [0.3, 0.4) is 0 Å². The first-order valence-corrected chi connectivity index (χ1v) is 8.28. The molecular weight excluding hydrogens is 361 g/mol. The molecule has 120 valence electrons. The Kier molecular flexibility index (Phi) is 4.55. The van der Waals surface area contributed by atoms with Gasteiger partial charge in [-0.3, -0.25) is 10.1 Å². The minimum Gasteiger partial charge on any atom is -0.687 e. The van der Waals surface area contributed by atoms with Crippen LogP contribution < -0.4 is 5.73 Å². The quantitative estimate of drug-likeness (QED) is 0.366. The molecule has 0 aliphatic rings. The molecule has 0 spiro atoms. The third-order valence-electron chi connectivity index (χ3n) is 3.09. The average Bonchev–Trinajstić information content (AvgIpc) is 2.71. The molecule has 0 radical (unpaired) electrons. The molecule has 2 rings (SSSR count). The Morgan fingerprint density at radius 1 is 1.55 bits per heavy atom. The van der Waals surface area contributed by atoms with Gasteiger partial charge in [-0.1, -0.05) is 6.92 Å². The van der Waals surface area contributed by atoms with E-state index in [1.165, 1.54) is 0 Å². The van der Waals surface area contributed by atoms with Crippen LogP contribution in [-0.4, -0.2) is 9.48 Å². The summed E-state index contributed by atoms with van der Waals surface area (Å²) in [5, 5.41) is 11.1. The molecule has 11 heteroatoms. The second-order valence-electron chi connectivity index (χ2n) is 4.41. The van der Waals surface area contributed by atoms with E-state index in [0.717, 1.165) is 0 Å². The second kappa shape index (κ2) is 5.81. The van der Waals surface area contributed by atoms with Gasteiger partial charge in [-0.2, -0.15) is 13.2 Å². The summed E-state index contributed by atoms with van der Waals surface area (Å²) in [6.07, 6.45) is -4.60. The van der Waals surface area contributed by atoms with E-state index in [4.69, 9.17) is 18.0 Å². The molecular formula is C11H9F3N2O3S3. The first kappa shape index (κ1) is 17.2. The van der Waals surface area contributed by atoms with Crippen LogP contribution >= 0.6 is 34.3 Å². The maximum atomic E-state index is 13.2. The SMILES string of the molecule is CCC(N)c1c([N+](=O)[O-])cc(C(F)(F)F)c2c1sc(=S)[s+]2[O-]. The molecule has 0 bridgehead atoms. The highest BCUT2D eigenvalue weighted by Gasteiger charge is 2.41. The molecule has 2 atom stereocenters. The summed E-state index contributed by atoms with van der Waals surface area (Å²) in [7, 11) is -2.15. The van der Waals surface area contributed by atoms with Crippen molar-refractivity contribution in [3.05, 3.63) is 30.4 Å². The Bertz CT molecular complexity index is 813. The first-order valence-electron chi connectivity index (χ1n) is 5.91. The number of nitrogens with two attached hydrogens (primary N) is 1. The molecule has 22 heavy (non-hydrogen) atoms. The Morgan fingerprint density at radius 2 is 2.14 bits per heavy atom. The zero-order valence-corrected chi connectivity index (χ0v) is 13.4. The van der Waals surface area contributed by atoms with Gasteiger partial charge in [0.05, 0.1) is 10.5 Å². The standard InChI is InChI=1S/C11H9F3N2O3S3/c1-2-5(15)7-6(16(17)18)3-4(11(12,13)14)9-8(7)21-10(20)22(9)19/h3,5H,2,15H2,1H3. The molecule has 0 aliphatic carbocycles. The number of fused-ring (bicyclic) bond motifs is 1. The second-order valence-corrected chi connectivity index (χ2v) is 7.96. The zero-order valence-electron chi connectivity index (χ0n) is 11.0. The van der Waals surface area contributed by atoms with Crippen molar-refractivity contribution in [1.29, 1.82) is 0 Å². The zero-order chi connectivity index (χ0) is 16.8. The Morgan fingerprint density at radius 3 is 2.59 bits per heavy atom. The first-order chi connectivity index (χ1) is 10.1. The lowest BCUT2D eigenvalue weighted by Crippen LogP contribution is -2.14. The van der Waals surface area contributed by atoms with Crippen LogP contribution in [0.2, 0.25) is 0 Å². The number of nitro benzene ring substituents is 1. The van der Waals surface area contributed by atoms with Gasteiger partial charge in [-0.25, -0.2) is 0 Å². The molecule has 0 amide bonds. The van der Waals surface area contributed by atoms with Crippen molar-refractivity contribution in [2.75, 3.05) is 0 Å². The van der Waals surface area contributed by atoms with Crippen molar-refractivity contribution in [2.24, 2.45) is 5.73 Å². The van der Waals surface area contributed by atoms with Crippen LogP contribution in [0.25, 0.3) is 9.40 Å². The predicted molar refractivity (Wildman–Crippen MR) is 80.2 cm³/mol. The molecule has 1 aromatic carbocycles. The molecule has 2 unspecified atom stereocenters. The van der Waals surface area contributed by atoms with Crippen molar-refractivity contribution in [2.45, 2.75) is 25.6 Å². The fraction of sp³-hybridized carbons (Fsp3) is 0.364. The normalized spacial score (nSPS) is 14.4. The molecule has 2 aromatic rings. The molecule has 5 nitrogen and oxygen atoms in total. The number of hydrogen-bond acceptors (Lipinski definition) is 6. The van der Waals surface area contributed by atoms with Gasteiger partial charge < -0.3 is 10.3 Å².